The van der Waals surface area contributed by atoms with Crippen molar-refractivity contribution in [3.8, 4) is 0 Å². The van der Waals surface area contributed by atoms with Crippen molar-refractivity contribution in [3.05, 3.63) is 0 Å². The number of alkyl halides is 1. The summed E-state index contributed by atoms with van der Waals surface area (Å²) in [7, 11) is 0. The van der Waals surface area contributed by atoms with Crippen LogP contribution in [0.25, 0.3) is 0 Å². The highest BCUT2D eigenvalue weighted by Crippen LogP contribution is 1.98. The van der Waals surface area contributed by atoms with E-state index in [2.05, 4.69) is 15.9 Å². The molecule has 0 saturated heterocycles. The third-order valence-corrected chi connectivity index (χ3v) is 1.56. The summed E-state index contributed by atoms with van der Waals surface area (Å²) in [6.45, 7) is 4.00. The molecule has 0 aromatic rings. The minimum Gasteiger partial charge on any atom is -0.327 e. The van der Waals surface area contributed by atoms with E-state index < -0.39 is 0 Å². The van der Waals surface area contributed by atoms with Gasteiger partial charge in [0.05, 0.1) is 0 Å². The maximum atomic E-state index is 5.39. The summed E-state index contributed by atoms with van der Waals surface area (Å²) < 4.78 is 0. The molecular formula is C4H10BrN. The van der Waals surface area contributed by atoms with Gasteiger partial charge in [-0.1, -0.05) is 22.9 Å². The summed E-state index contributed by atoms with van der Waals surface area (Å²) in [6.07, 6.45) is 0. The van der Waals surface area contributed by atoms with Crippen LogP contribution >= 0.6 is 15.9 Å². The topological polar surface area (TPSA) is 26.0 Å². The van der Waals surface area contributed by atoms with Crippen LogP contribution in [0.1, 0.15) is 13.8 Å². The lowest BCUT2D eigenvalue weighted by Gasteiger charge is -2.03. The van der Waals surface area contributed by atoms with Crippen molar-refractivity contribution in [2.24, 2.45) is 5.73 Å². The average Bonchev–Trinajstić information content (AvgIpc) is 1.36. The average molecular weight is 152 g/mol. The third kappa shape index (κ3) is 2.67. The van der Waals surface area contributed by atoms with Gasteiger partial charge in [-0.3, -0.25) is 0 Å². The molecule has 0 rings (SSSR count). The van der Waals surface area contributed by atoms with Crippen LogP contribution in [0.5, 0.6) is 0 Å². The van der Waals surface area contributed by atoms with Crippen molar-refractivity contribution in [2.75, 3.05) is 0 Å². The molecule has 0 aliphatic rings. The molecule has 0 heterocycles. The van der Waals surface area contributed by atoms with Gasteiger partial charge in [-0.05, 0) is 6.92 Å². The lowest BCUT2D eigenvalue weighted by molar-refractivity contribution is 0.740. The molecule has 0 aromatic carbocycles. The van der Waals surface area contributed by atoms with Gasteiger partial charge in [-0.15, -0.1) is 0 Å². The Morgan fingerprint density at radius 1 is 1.50 bits per heavy atom. The standard InChI is InChI=1S/C4H10BrN/c1-3(5)4(2)6/h3-4H,6H2,1-2H3/t3-,4+/m1/s1. The Morgan fingerprint density at radius 2 is 1.67 bits per heavy atom. The van der Waals surface area contributed by atoms with Crippen LogP contribution in [-0.2, 0) is 0 Å². The van der Waals surface area contributed by atoms with Crippen LogP contribution in [0, 0.1) is 0 Å². The van der Waals surface area contributed by atoms with E-state index >= 15 is 0 Å². The minimum absolute atomic E-state index is 0.269. The lowest BCUT2D eigenvalue weighted by atomic mass is 10.3. The summed E-state index contributed by atoms with van der Waals surface area (Å²) >= 11 is 3.31. The first-order valence-corrected chi connectivity index (χ1v) is 2.96. The lowest BCUT2D eigenvalue weighted by Crippen LogP contribution is -2.23. The molecule has 6 heavy (non-hydrogen) atoms. The summed E-state index contributed by atoms with van der Waals surface area (Å²) in [6, 6.07) is 0.269. The Labute approximate surface area is 47.0 Å². The van der Waals surface area contributed by atoms with Gasteiger partial charge in [0.2, 0.25) is 0 Å². The summed E-state index contributed by atoms with van der Waals surface area (Å²) in [4.78, 5) is 0.442. The zero-order valence-electron chi connectivity index (χ0n) is 4.11. The van der Waals surface area contributed by atoms with Crippen LogP contribution in [0.2, 0.25) is 0 Å². The largest absolute Gasteiger partial charge is 0.327 e. The first-order valence-electron chi connectivity index (χ1n) is 2.04. The number of rotatable bonds is 1. The van der Waals surface area contributed by atoms with Crippen LogP contribution in [0.3, 0.4) is 0 Å². The normalized spacial score (nSPS) is 20.0. The van der Waals surface area contributed by atoms with E-state index in [-0.39, 0.29) is 6.04 Å². The van der Waals surface area contributed by atoms with Crippen LogP contribution in [0.4, 0.5) is 0 Å². The quantitative estimate of drug-likeness (QED) is 0.559. The number of nitrogens with two attached hydrogens (primary N) is 1. The van der Waals surface area contributed by atoms with Crippen LogP contribution < -0.4 is 5.73 Å². The molecule has 2 N–H and O–H groups in total. The molecule has 0 radical (unpaired) electrons. The van der Waals surface area contributed by atoms with Crippen molar-refractivity contribution in [3.63, 3.8) is 0 Å². The molecule has 0 aromatic heterocycles. The molecule has 2 atom stereocenters. The molecule has 0 aliphatic heterocycles. The molecule has 0 bridgehead atoms. The number of halogens is 1. The van der Waals surface area contributed by atoms with Crippen molar-refractivity contribution in [1.82, 2.24) is 0 Å². The fraction of sp³-hybridized carbons (Fsp3) is 1.00. The van der Waals surface area contributed by atoms with Gasteiger partial charge < -0.3 is 5.73 Å². The molecule has 0 spiro atoms. The van der Waals surface area contributed by atoms with Crippen molar-refractivity contribution >= 4 is 15.9 Å². The SMILES string of the molecule is C[C@H](N)[C@@H](C)Br. The molecular weight excluding hydrogens is 142 g/mol. The fourth-order valence-corrected chi connectivity index (χ4v) is 0. The first kappa shape index (κ1) is 6.44. The van der Waals surface area contributed by atoms with E-state index in [9.17, 15) is 0 Å². The van der Waals surface area contributed by atoms with Gasteiger partial charge in [0.25, 0.3) is 0 Å². The predicted molar refractivity (Wildman–Crippen MR) is 32.0 cm³/mol. The number of hydrogen-bond acceptors (Lipinski definition) is 1. The van der Waals surface area contributed by atoms with E-state index in [0.717, 1.165) is 0 Å². The fourth-order valence-electron chi connectivity index (χ4n) is 0. The van der Waals surface area contributed by atoms with Crippen LogP contribution in [-0.4, -0.2) is 10.9 Å². The van der Waals surface area contributed by atoms with Crippen molar-refractivity contribution in [2.45, 2.75) is 24.7 Å². The Balaban J connectivity index is 2.99. The Morgan fingerprint density at radius 3 is 1.67 bits per heavy atom. The zero-order valence-corrected chi connectivity index (χ0v) is 5.70. The Kier molecular flexibility index (Phi) is 2.78. The maximum Gasteiger partial charge on any atom is 0.0266 e. The molecule has 38 valence electrons. The zero-order chi connectivity index (χ0) is 5.15. The predicted octanol–water partition coefficient (Wildman–Crippen LogP) is 1.12. The molecule has 0 aliphatic carbocycles. The van der Waals surface area contributed by atoms with Crippen molar-refractivity contribution < 1.29 is 0 Å². The highest BCUT2D eigenvalue weighted by molar-refractivity contribution is 9.09. The minimum atomic E-state index is 0.269. The highest BCUT2D eigenvalue weighted by atomic mass is 79.9. The van der Waals surface area contributed by atoms with Gasteiger partial charge in [0.15, 0.2) is 0 Å². The van der Waals surface area contributed by atoms with E-state index in [1.807, 2.05) is 13.8 Å². The van der Waals surface area contributed by atoms with E-state index in [1.54, 1.807) is 0 Å². The van der Waals surface area contributed by atoms with Crippen LogP contribution in [0.15, 0.2) is 0 Å². The molecule has 0 unspecified atom stereocenters. The van der Waals surface area contributed by atoms with Gasteiger partial charge in [-0.2, -0.15) is 0 Å². The van der Waals surface area contributed by atoms with Gasteiger partial charge in [0, 0.05) is 10.9 Å². The van der Waals surface area contributed by atoms with E-state index in [0.29, 0.717) is 4.83 Å². The Bertz CT molecular complexity index is 28.5. The van der Waals surface area contributed by atoms with Crippen molar-refractivity contribution in [1.29, 1.82) is 0 Å². The molecule has 2 heteroatoms. The molecule has 0 amide bonds. The van der Waals surface area contributed by atoms with Gasteiger partial charge >= 0.3 is 0 Å². The maximum absolute atomic E-state index is 5.39. The molecule has 0 saturated carbocycles. The van der Waals surface area contributed by atoms with E-state index in [1.165, 1.54) is 0 Å². The smallest absolute Gasteiger partial charge is 0.0266 e. The first-order chi connectivity index (χ1) is 2.64. The monoisotopic (exact) mass is 151 g/mol. The Hall–Kier alpha value is 0.440. The second-order valence-corrected chi connectivity index (χ2v) is 2.98. The summed E-state index contributed by atoms with van der Waals surface area (Å²) in [5.41, 5.74) is 5.39. The number of hydrogen-bond donors (Lipinski definition) is 1. The summed E-state index contributed by atoms with van der Waals surface area (Å²) in [5, 5.41) is 0. The molecule has 1 nitrogen and oxygen atoms in total. The van der Waals surface area contributed by atoms with E-state index in [4.69, 9.17) is 5.73 Å². The second kappa shape index (κ2) is 2.59. The highest BCUT2D eigenvalue weighted by Gasteiger charge is 1.98. The van der Waals surface area contributed by atoms with Gasteiger partial charge in [-0.25, -0.2) is 0 Å². The second-order valence-electron chi connectivity index (χ2n) is 1.54. The third-order valence-electron chi connectivity index (χ3n) is 0.725. The summed E-state index contributed by atoms with van der Waals surface area (Å²) in [5.74, 6) is 0. The molecule has 0 fully saturated rings. The van der Waals surface area contributed by atoms with Gasteiger partial charge in [0.1, 0.15) is 0 Å².